The Morgan fingerprint density at radius 2 is 2.07 bits per heavy atom. The lowest BCUT2D eigenvalue weighted by Crippen LogP contribution is -2.39. The second-order valence-corrected chi connectivity index (χ2v) is 3.50. The Kier molecular flexibility index (Phi) is 6.42. The molecule has 0 aromatic heterocycles. The molecule has 0 fully saturated rings. The van der Waals surface area contributed by atoms with Crippen LogP contribution >= 0.6 is 0 Å². The molecule has 0 spiro atoms. The lowest BCUT2D eigenvalue weighted by Gasteiger charge is -2.12. The van der Waals surface area contributed by atoms with Crippen LogP contribution in [0.4, 0.5) is 0 Å². The SMILES string of the molecule is C=C(C)C(=O)N[C@@H](C)C(=O)OCCCC. The van der Waals surface area contributed by atoms with Gasteiger partial charge in [-0.3, -0.25) is 4.79 Å². The van der Waals surface area contributed by atoms with Crippen molar-refractivity contribution in [3.63, 3.8) is 0 Å². The normalized spacial score (nSPS) is 11.7. The number of nitrogens with one attached hydrogen (secondary N) is 1. The van der Waals surface area contributed by atoms with Crippen LogP contribution in [0.1, 0.15) is 33.6 Å². The summed E-state index contributed by atoms with van der Waals surface area (Å²) in [6.07, 6.45) is 1.81. The van der Waals surface area contributed by atoms with Gasteiger partial charge in [-0.15, -0.1) is 0 Å². The van der Waals surface area contributed by atoms with E-state index in [4.69, 9.17) is 4.74 Å². The van der Waals surface area contributed by atoms with Crippen LogP contribution in [0.25, 0.3) is 0 Å². The van der Waals surface area contributed by atoms with Gasteiger partial charge in [-0.2, -0.15) is 0 Å². The molecule has 1 amide bonds. The third kappa shape index (κ3) is 5.88. The molecule has 0 aromatic rings. The number of rotatable bonds is 6. The molecular formula is C11H19NO3. The number of carbonyl (C=O) groups excluding carboxylic acids is 2. The number of carbonyl (C=O) groups is 2. The van der Waals surface area contributed by atoms with Gasteiger partial charge in [0.2, 0.25) is 5.91 Å². The van der Waals surface area contributed by atoms with E-state index in [-0.39, 0.29) is 5.91 Å². The monoisotopic (exact) mass is 213 g/mol. The van der Waals surface area contributed by atoms with Gasteiger partial charge < -0.3 is 10.1 Å². The highest BCUT2D eigenvalue weighted by atomic mass is 16.5. The maximum Gasteiger partial charge on any atom is 0.328 e. The molecule has 4 nitrogen and oxygen atoms in total. The molecule has 0 heterocycles. The van der Waals surface area contributed by atoms with Crippen molar-refractivity contribution in [1.29, 1.82) is 0 Å². The van der Waals surface area contributed by atoms with Crippen molar-refractivity contribution >= 4 is 11.9 Å². The van der Waals surface area contributed by atoms with Gasteiger partial charge in [-0.25, -0.2) is 4.79 Å². The smallest absolute Gasteiger partial charge is 0.328 e. The van der Waals surface area contributed by atoms with E-state index >= 15 is 0 Å². The molecule has 0 radical (unpaired) electrons. The van der Waals surface area contributed by atoms with E-state index in [1.807, 2.05) is 6.92 Å². The molecule has 0 saturated heterocycles. The topological polar surface area (TPSA) is 55.4 Å². The van der Waals surface area contributed by atoms with E-state index in [0.29, 0.717) is 12.2 Å². The predicted octanol–water partition coefficient (Wildman–Crippen LogP) is 1.41. The van der Waals surface area contributed by atoms with Gasteiger partial charge in [0.1, 0.15) is 6.04 Å². The maximum absolute atomic E-state index is 11.3. The Morgan fingerprint density at radius 1 is 1.47 bits per heavy atom. The van der Waals surface area contributed by atoms with Crippen molar-refractivity contribution in [3.05, 3.63) is 12.2 Å². The zero-order valence-electron chi connectivity index (χ0n) is 9.63. The molecule has 0 rings (SSSR count). The van der Waals surface area contributed by atoms with Crippen LogP contribution in [0, 0.1) is 0 Å². The van der Waals surface area contributed by atoms with Crippen LogP contribution in [-0.4, -0.2) is 24.5 Å². The molecule has 1 atom stereocenters. The molecule has 0 aliphatic heterocycles. The fraction of sp³-hybridized carbons (Fsp3) is 0.636. The second-order valence-electron chi connectivity index (χ2n) is 3.50. The summed E-state index contributed by atoms with van der Waals surface area (Å²) in [4.78, 5) is 22.5. The molecule has 4 heteroatoms. The Morgan fingerprint density at radius 3 is 2.53 bits per heavy atom. The zero-order chi connectivity index (χ0) is 11.8. The molecular weight excluding hydrogens is 194 g/mol. The van der Waals surface area contributed by atoms with Crippen molar-refractivity contribution in [2.45, 2.75) is 39.7 Å². The molecule has 0 unspecified atom stereocenters. The van der Waals surface area contributed by atoms with E-state index in [0.717, 1.165) is 12.8 Å². The van der Waals surface area contributed by atoms with E-state index < -0.39 is 12.0 Å². The third-order valence-electron chi connectivity index (χ3n) is 1.83. The van der Waals surface area contributed by atoms with Crippen molar-refractivity contribution in [2.24, 2.45) is 0 Å². The summed E-state index contributed by atoms with van der Waals surface area (Å²) in [5.41, 5.74) is 0.378. The van der Waals surface area contributed by atoms with Crippen LogP contribution < -0.4 is 5.32 Å². The van der Waals surface area contributed by atoms with Crippen molar-refractivity contribution < 1.29 is 14.3 Å². The lowest BCUT2D eigenvalue weighted by molar-refractivity contribution is -0.147. The quantitative estimate of drug-likeness (QED) is 0.412. The third-order valence-corrected chi connectivity index (χ3v) is 1.83. The molecule has 0 aliphatic carbocycles. The molecule has 15 heavy (non-hydrogen) atoms. The van der Waals surface area contributed by atoms with Gasteiger partial charge >= 0.3 is 5.97 Å². The first kappa shape index (κ1) is 13.7. The summed E-state index contributed by atoms with van der Waals surface area (Å²) in [7, 11) is 0. The van der Waals surface area contributed by atoms with Crippen LogP contribution in [0.5, 0.6) is 0 Å². The number of ether oxygens (including phenoxy) is 1. The molecule has 0 aliphatic rings. The van der Waals surface area contributed by atoms with Crippen LogP contribution in [0.2, 0.25) is 0 Å². The minimum absolute atomic E-state index is 0.324. The van der Waals surface area contributed by atoms with Crippen LogP contribution in [0.15, 0.2) is 12.2 Å². The van der Waals surface area contributed by atoms with Gasteiger partial charge in [0.25, 0.3) is 0 Å². The summed E-state index contributed by atoms with van der Waals surface area (Å²) in [5, 5.41) is 2.49. The molecule has 0 aromatic carbocycles. The Hall–Kier alpha value is -1.32. The maximum atomic E-state index is 11.3. The Bertz CT molecular complexity index is 248. The minimum Gasteiger partial charge on any atom is -0.464 e. The van der Waals surface area contributed by atoms with Gasteiger partial charge in [0.15, 0.2) is 0 Å². The highest BCUT2D eigenvalue weighted by molar-refractivity contribution is 5.94. The van der Waals surface area contributed by atoms with Crippen molar-refractivity contribution in [1.82, 2.24) is 5.32 Å². The Balaban J connectivity index is 3.88. The number of hydrogen-bond acceptors (Lipinski definition) is 3. The molecule has 1 N–H and O–H groups in total. The van der Waals surface area contributed by atoms with Crippen molar-refractivity contribution in [3.8, 4) is 0 Å². The van der Waals surface area contributed by atoms with Crippen LogP contribution in [-0.2, 0) is 14.3 Å². The van der Waals surface area contributed by atoms with Crippen LogP contribution in [0.3, 0.4) is 0 Å². The summed E-state index contributed by atoms with van der Waals surface area (Å²) in [6.45, 7) is 9.08. The molecule has 0 saturated carbocycles. The first-order chi connectivity index (χ1) is 6.99. The van der Waals surface area contributed by atoms with E-state index in [9.17, 15) is 9.59 Å². The number of amides is 1. The van der Waals surface area contributed by atoms with Gasteiger partial charge in [-0.05, 0) is 20.3 Å². The zero-order valence-corrected chi connectivity index (χ0v) is 9.63. The highest BCUT2D eigenvalue weighted by Gasteiger charge is 2.16. The fourth-order valence-corrected chi connectivity index (χ4v) is 0.821. The molecule has 0 bridgehead atoms. The number of unbranched alkanes of at least 4 members (excludes halogenated alkanes) is 1. The fourth-order valence-electron chi connectivity index (χ4n) is 0.821. The van der Waals surface area contributed by atoms with E-state index in [2.05, 4.69) is 11.9 Å². The largest absolute Gasteiger partial charge is 0.464 e. The average Bonchev–Trinajstić information content (AvgIpc) is 2.17. The first-order valence-corrected chi connectivity index (χ1v) is 5.12. The predicted molar refractivity (Wildman–Crippen MR) is 58.3 cm³/mol. The van der Waals surface area contributed by atoms with Crippen molar-refractivity contribution in [2.75, 3.05) is 6.61 Å². The van der Waals surface area contributed by atoms with E-state index in [1.54, 1.807) is 13.8 Å². The van der Waals surface area contributed by atoms with Gasteiger partial charge in [0, 0.05) is 5.57 Å². The summed E-state index contributed by atoms with van der Waals surface area (Å²) < 4.78 is 4.94. The average molecular weight is 213 g/mol. The van der Waals surface area contributed by atoms with Gasteiger partial charge in [-0.1, -0.05) is 19.9 Å². The number of esters is 1. The first-order valence-electron chi connectivity index (χ1n) is 5.12. The highest BCUT2D eigenvalue weighted by Crippen LogP contribution is 1.94. The van der Waals surface area contributed by atoms with E-state index in [1.165, 1.54) is 0 Å². The summed E-state index contributed by atoms with van der Waals surface area (Å²) in [5.74, 6) is -0.729. The summed E-state index contributed by atoms with van der Waals surface area (Å²) >= 11 is 0. The lowest BCUT2D eigenvalue weighted by atomic mass is 10.3. The Labute approximate surface area is 90.7 Å². The van der Waals surface area contributed by atoms with Gasteiger partial charge in [0.05, 0.1) is 6.61 Å². The summed E-state index contributed by atoms with van der Waals surface area (Å²) in [6, 6.07) is -0.619. The minimum atomic E-state index is -0.619. The molecule has 86 valence electrons. The standard InChI is InChI=1S/C11H19NO3/c1-5-6-7-15-11(14)9(4)12-10(13)8(2)3/h9H,2,5-7H2,1,3-4H3,(H,12,13)/t9-/m0/s1. The number of hydrogen-bond donors (Lipinski definition) is 1. The second kappa shape index (κ2) is 7.04.